The van der Waals surface area contributed by atoms with Crippen molar-refractivity contribution in [3.8, 4) is 0 Å². The molecule has 5 heteroatoms. The normalized spacial score (nSPS) is 11.7. The maximum absolute atomic E-state index is 11.8. The summed E-state index contributed by atoms with van der Waals surface area (Å²) in [6.45, 7) is 1.83. The molecule has 2 rings (SSSR count). The van der Waals surface area contributed by atoms with Crippen LogP contribution in [0, 0.1) is 0 Å². The molecule has 20 heavy (non-hydrogen) atoms. The first kappa shape index (κ1) is 13.9. The van der Waals surface area contributed by atoms with E-state index in [1.807, 2.05) is 37.3 Å². The number of amides is 2. The van der Waals surface area contributed by atoms with Crippen LogP contribution in [0.3, 0.4) is 0 Å². The van der Waals surface area contributed by atoms with E-state index in [4.69, 9.17) is 4.42 Å². The fourth-order valence-electron chi connectivity index (χ4n) is 1.77. The molecule has 2 N–H and O–H groups in total. The summed E-state index contributed by atoms with van der Waals surface area (Å²) in [4.78, 5) is 23.4. The molecule has 2 aromatic rings. The van der Waals surface area contributed by atoms with E-state index in [0.717, 1.165) is 5.56 Å². The predicted molar refractivity (Wildman–Crippen MR) is 74.0 cm³/mol. The number of hydrogen-bond acceptors (Lipinski definition) is 3. The molecule has 5 nitrogen and oxygen atoms in total. The fourth-order valence-corrected chi connectivity index (χ4v) is 1.77. The second-order valence-corrected chi connectivity index (χ2v) is 4.39. The summed E-state index contributed by atoms with van der Waals surface area (Å²) in [6.07, 6.45) is 2.74. The Morgan fingerprint density at radius 3 is 2.60 bits per heavy atom. The third-order valence-corrected chi connectivity index (χ3v) is 2.87. The molecule has 0 radical (unpaired) electrons. The number of benzene rings is 1. The van der Waals surface area contributed by atoms with Crippen molar-refractivity contribution in [1.82, 2.24) is 10.6 Å². The van der Waals surface area contributed by atoms with Gasteiger partial charge in [-0.25, -0.2) is 0 Å². The van der Waals surface area contributed by atoms with Gasteiger partial charge in [-0.1, -0.05) is 30.3 Å². The SMILES string of the molecule is C[C@@H](NC(=O)CNC(=O)c1ccoc1)c1ccccc1. The largest absolute Gasteiger partial charge is 0.472 e. The highest BCUT2D eigenvalue weighted by Gasteiger charge is 2.11. The second kappa shape index (κ2) is 6.56. The van der Waals surface area contributed by atoms with Gasteiger partial charge < -0.3 is 15.1 Å². The van der Waals surface area contributed by atoms with Gasteiger partial charge >= 0.3 is 0 Å². The molecule has 0 aliphatic rings. The minimum absolute atomic E-state index is 0.0683. The maximum atomic E-state index is 11.8. The van der Waals surface area contributed by atoms with Crippen LogP contribution >= 0.6 is 0 Å². The Bertz CT molecular complexity index is 564. The third-order valence-electron chi connectivity index (χ3n) is 2.87. The summed E-state index contributed by atoms with van der Waals surface area (Å²) in [5.74, 6) is -0.570. The van der Waals surface area contributed by atoms with E-state index in [1.165, 1.54) is 12.5 Å². The Labute approximate surface area is 117 Å². The summed E-state index contributed by atoms with van der Waals surface area (Å²) in [5, 5.41) is 5.35. The van der Waals surface area contributed by atoms with Crippen molar-refractivity contribution in [3.05, 3.63) is 60.1 Å². The van der Waals surface area contributed by atoms with Gasteiger partial charge in [0.1, 0.15) is 6.26 Å². The van der Waals surface area contributed by atoms with Crippen molar-refractivity contribution in [1.29, 1.82) is 0 Å². The van der Waals surface area contributed by atoms with Gasteiger partial charge in [-0.15, -0.1) is 0 Å². The smallest absolute Gasteiger partial charge is 0.254 e. The van der Waals surface area contributed by atoms with Crippen LogP contribution in [0.2, 0.25) is 0 Å². The Hall–Kier alpha value is -2.56. The highest BCUT2D eigenvalue weighted by atomic mass is 16.3. The van der Waals surface area contributed by atoms with Gasteiger partial charge in [0.2, 0.25) is 5.91 Å². The molecule has 0 bridgehead atoms. The highest BCUT2D eigenvalue weighted by Crippen LogP contribution is 2.10. The van der Waals surface area contributed by atoms with Gasteiger partial charge in [-0.3, -0.25) is 9.59 Å². The van der Waals surface area contributed by atoms with Crippen LogP contribution in [0.15, 0.2) is 53.3 Å². The zero-order valence-corrected chi connectivity index (χ0v) is 11.1. The maximum Gasteiger partial charge on any atom is 0.254 e. The average molecular weight is 272 g/mol. The van der Waals surface area contributed by atoms with E-state index in [2.05, 4.69) is 10.6 Å². The predicted octanol–water partition coefficient (Wildman–Crippen LogP) is 1.89. The lowest BCUT2D eigenvalue weighted by Crippen LogP contribution is -2.37. The van der Waals surface area contributed by atoms with E-state index < -0.39 is 0 Å². The molecule has 0 aliphatic heterocycles. The third kappa shape index (κ3) is 3.71. The minimum atomic E-state index is -0.332. The van der Waals surface area contributed by atoms with Gasteiger partial charge in [0, 0.05) is 0 Å². The van der Waals surface area contributed by atoms with E-state index >= 15 is 0 Å². The minimum Gasteiger partial charge on any atom is -0.472 e. The lowest BCUT2D eigenvalue weighted by Gasteiger charge is -2.14. The number of carbonyl (C=O) groups is 2. The van der Waals surface area contributed by atoms with Crippen molar-refractivity contribution in [3.63, 3.8) is 0 Å². The van der Waals surface area contributed by atoms with Crippen molar-refractivity contribution in [2.75, 3.05) is 6.54 Å². The molecule has 0 spiro atoms. The first-order valence-corrected chi connectivity index (χ1v) is 6.31. The summed E-state index contributed by atoms with van der Waals surface area (Å²) < 4.78 is 4.80. The number of furan rings is 1. The van der Waals surface area contributed by atoms with Gasteiger partial charge in [-0.2, -0.15) is 0 Å². The van der Waals surface area contributed by atoms with Crippen LogP contribution in [0.25, 0.3) is 0 Å². The molecule has 1 heterocycles. The Kier molecular flexibility index (Phi) is 4.55. The number of nitrogens with one attached hydrogen (secondary N) is 2. The van der Waals surface area contributed by atoms with E-state index in [1.54, 1.807) is 6.07 Å². The van der Waals surface area contributed by atoms with Crippen molar-refractivity contribution >= 4 is 11.8 Å². The topological polar surface area (TPSA) is 71.3 Å². The summed E-state index contributed by atoms with van der Waals surface area (Å²) >= 11 is 0. The van der Waals surface area contributed by atoms with Gasteiger partial charge in [0.25, 0.3) is 5.91 Å². The van der Waals surface area contributed by atoms with Crippen molar-refractivity contribution < 1.29 is 14.0 Å². The standard InChI is InChI=1S/C15H16N2O3/c1-11(12-5-3-2-4-6-12)17-14(18)9-16-15(19)13-7-8-20-10-13/h2-8,10-11H,9H2,1H3,(H,16,19)(H,17,18)/t11-/m1/s1. The molecule has 1 aromatic heterocycles. The van der Waals surface area contributed by atoms with E-state index in [0.29, 0.717) is 5.56 Å². The van der Waals surface area contributed by atoms with Crippen LogP contribution < -0.4 is 10.6 Å². The van der Waals surface area contributed by atoms with Gasteiger partial charge in [0.05, 0.1) is 24.4 Å². The molecule has 0 fully saturated rings. The monoisotopic (exact) mass is 272 g/mol. The lowest BCUT2D eigenvalue weighted by atomic mass is 10.1. The summed E-state index contributed by atoms with van der Waals surface area (Å²) in [6, 6.07) is 11.1. The van der Waals surface area contributed by atoms with Crippen LogP contribution in [-0.4, -0.2) is 18.4 Å². The molecular weight excluding hydrogens is 256 g/mol. The highest BCUT2D eigenvalue weighted by molar-refractivity contribution is 5.96. The van der Waals surface area contributed by atoms with Crippen LogP contribution in [-0.2, 0) is 4.79 Å². The van der Waals surface area contributed by atoms with Gasteiger partial charge in [-0.05, 0) is 18.6 Å². The first-order valence-electron chi connectivity index (χ1n) is 6.31. The van der Waals surface area contributed by atoms with E-state index in [-0.39, 0.29) is 24.4 Å². The molecule has 0 saturated carbocycles. The van der Waals surface area contributed by atoms with Crippen LogP contribution in [0.1, 0.15) is 28.9 Å². The quantitative estimate of drug-likeness (QED) is 0.873. The summed E-state index contributed by atoms with van der Waals surface area (Å²) in [5.41, 5.74) is 1.41. The van der Waals surface area contributed by atoms with Gasteiger partial charge in [0.15, 0.2) is 0 Å². The summed E-state index contributed by atoms with van der Waals surface area (Å²) in [7, 11) is 0. The molecular formula is C15H16N2O3. The lowest BCUT2D eigenvalue weighted by molar-refractivity contribution is -0.120. The van der Waals surface area contributed by atoms with E-state index in [9.17, 15) is 9.59 Å². The fraction of sp³-hybridized carbons (Fsp3) is 0.200. The molecule has 104 valence electrons. The molecule has 0 saturated heterocycles. The Balaban J connectivity index is 1.80. The molecule has 0 unspecified atom stereocenters. The number of rotatable bonds is 5. The number of carbonyl (C=O) groups excluding carboxylic acids is 2. The van der Waals surface area contributed by atoms with Crippen LogP contribution in [0.5, 0.6) is 0 Å². The average Bonchev–Trinajstić information content (AvgIpc) is 3.00. The molecule has 2 amide bonds. The van der Waals surface area contributed by atoms with Crippen molar-refractivity contribution in [2.24, 2.45) is 0 Å². The van der Waals surface area contributed by atoms with Crippen LogP contribution in [0.4, 0.5) is 0 Å². The first-order chi connectivity index (χ1) is 9.66. The second-order valence-electron chi connectivity index (χ2n) is 4.39. The molecule has 1 atom stereocenters. The zero-order chi connectivity index (χ0) is 14.4. The Morgan fingerprint density at radius 2 is 1.95 bits per heavy atom. The Morgan fingerprint density at radius 1 is 1.20 bits per heavy atom. The van der Waals surface area contributed by atoms with Crippen molar-refractivity contribution in [2.45, 2.75) is 13.0 Å². The zero-order valence-electron chi connectivity index (χ0n) is 11.1. The molecule has 1 aromatic carbocycles. The molecule has 0 aliphatic carbocycles. The number of hydrogen-bond donors (Lipinski definition) is 2.